The summed E-state index contributed by atoms with van der Waals surface area (Å²) in [6.45, 7) is 0.101. The van der Waals surface area contributed by atoms with Gasteiger partial charge in [0.15, 0.2) is 0 Å². The summed E-state index contributed by atoms with van der Waals surface area (Å²) in [6, 6.07) is 16.8. The van der Waals surface area contributed by atoms with Gasteiger partial charge in [0, 0.05) is 6.54 Å². The third-order valence-electron chi connectivity index (χ3n) is 3.75. The fraction of sp³-hybridized carbons (Fsp3) is 0.111. The summed E-state index contributed by atoms with van der Waals surface area (Å²) in [5.41, 5.74) is 0.840. The zero-order valence-electron chi connectivity index (χ0n) is 13.0. The van der Waals surface area contributed by atoms with Crippen LogP contribution < -0.4 is 9.46 Å². The van der Waals surface area contributed by atoms with Gasteiger partial charge in [-0.2, -0.15) is 0 Å². The molecule has 24 heavy (non-hydrogen) atoms. The molecule has 0 bridgehead atoms. The lowest BCUT2D eigenvalue weighted by molar-refractivity contribution is 0.400. The average molecular weight is 345 g/mol. The highest BCUT2D eigenvalue weighted by molar-refractivity contribution is 7.89. The molecule has 3 aromatic carbocycles. The van der Waals surface area contributed by atoms with Gasteiger partial charge >= 0.3 is 0 Å². The van der Waals surface area contributed by atoms with Crippen molar-refractivity contribution in [2.75, 3.05) is 7.11 Å². The lowest BCUT2D eigenvalue weighted by atomic mass is 10.1. The number of halogens is 1. The number of fused-ring (bicyclic) bond motifs is 1. The molecule has 0 aromatic heterocycles. The van der Waals surface area contributed by atoms with Gasteiger partial charge in [-0.05, 0) is 34.5 Å². The highest BCUT2D eigenvalue weighted by Crippen LogP contribution is 2.25. The molecule has 0 heterocycles. The van der Waals surface area contributed by atoms with Crippen molar-refractivity contribution in [3.05, 3.63) is 72.0 Å². The van der Waals surface area contributed by atoms with E-state index < -0.39 is 15.8 Å². The molecule has 6 heteroatoms. The third-order valence-corrected chi connectivity index (χ3v) is 5.17. The van der Waals surface area contributed by atoms with Crippen LogP contribution in [0.5, 0.6) is 5.75 Å². The summed E-state index contributed by atoms with van der Waals surface area (Å²) in [5.74, 6) is -0.539. The first-order valence-corrected chi connectivity index (χ1v) is 8.79. The zero-order chi connectivity index (χ0) is 17.2. The van der Waals surface area contributed by atoms with Gasteiger partial charge in [0.1, 0.15) is 16.5 Å². The number of nitrogens with one attached hydrogen (secondary N) is 1. The van der Waals surface area contributed by atoms with Crippen LogP contribution >= 0.6 is 0 Å². The molecule has 0 spiro atoms. The Morgan fingerprint density at radius 3 is 2.58 bits per heavy atom. The minimum absolute atomic E-state index is 0.0989. The molecule has 0 saturated carbocycles. The number of sulfonamides is 1. The number of ether oxygens (including phenoxy) is 1. The molecule has 3 aromatic rings. The maximum absolute atomic E-state index is 13.4. The van der Waals surface area contributed by atoms with Crippen molar-refractivity contribution >= 4 is 20.8 Å². The normalized spacial score (nSPS) is 11.6. The van der Waals surface area contributed by atoms with Crippen molar-refractivity contribution in [1.29, 1.82) is 0 Å². The van der Waals surface area contributed by atoms with Crippen LogP contribution in [0.2, 0.25) is 0 Å². The summed E-state index contributed by atoms with van der Waals surface area (Å²) >= 11 is 0. The van der Waals surface area contributed by atoms with Crippen LogP contribution in [0.3, 0.4) is 0 Å². The van der Waals surface area contributed by atoms with E-state index >= 15 is 0 Å². The topological polar surface area (TPSA) is 55.4 Å². The smallest absolute Gasteiger partial charge is 0.244 e. The fourth-order valence-electron chi connectivity index (χ4n) is 2.56. The summed E-state index contributed by atoms with van der Waals surface area (Å²) in [5, 5.41) is 1.99. The van der Waals surface area contributed by atoms with Crippen LogP contribution in [0.25, 0.3) is 10.8 Å². The van der Waals surface area contributed by atoms with E-state index in [2.05, 4.69) is 4.72 Å². The largest absolute Gasteiger partial charge is 0.495 e. The molecule has 0 amide bonds. The average Bonchev–Trinajstić information content (AvgIpc) is 2.60. The summed E-state index contributed by atoms with van der Waals surface area (Å²) in [6.07, 6.45) is 0. The Morgan fingerprint density at radius 1 is 1.04 bits per heavy atom. The van der Waals surface area contributed by atoms with Gasteiger partial charge in [-0.25, -0.2) is 17.5 Å². The summed E-state index contributed by atoms with van der Waals surface area (Å²) in [4.78, 5) is -0.217. The number of hydrogen-bond donors (Lipinski definition) is 1. The zero-order valence-corrected chi connectivity index (χ0v) is 13.8. The van der Waals surface area contributed by atoms with Crippen molar-refractivity contribution in [2.24, 2.45) is 0 Å². The van der Waals surface area contributed by atoms with E-state index in [-0.39, 0.29) is 17.2 Å². The standard InChI is InChI=1S/C18H16FNO3S/c1-23-17-10-9-15(19)11-18(17)24(21,22)20-12-14-7-4-6-13-5-2-3-8-16(13)14/h2-11,20H,12H2,1H3. The monoisotopic (exact) mass is 345 g/mol. The minimum Gasteiger partial charge on any atom is -0.495 e. The van der Waals surface area contributed by atoms with E-state index in [4.69, 9.17) is 4.74 Å². The lowest BCUT2D eigenvalue weighted by Gasteiger charge is -2.12. The molecule has 0 radical (unpaired) electrons. The Balaban J connectivity index is 1.92. The predicted octanol–water partition coefficient (Wildman–Crippen LogP) is 3.47. The van der Waals surface area contributed by atoms with Gasteiger partial charge in [-0.1, -0.05) is 42.5 Å². The first-order chi connectivity index (χ1) is 11.5. The molecular formula is C18H16FNO3S. The molecule has 0 aliphatic heterocycles. The number of hydrogen-bond acceptors (Lipinski definition) is 3. The Labute approximate surface area is 139 Å². The minimum atomic E-state index is -3.91. The van der Waals surface area contributed by atoms with Crippen molar-refractivity contribution < 1.29 is 17.5 Å². The number of methoxy groups -OCH3 is 1. The Morgan fingerprint density at radius 2 is 1.79 bits per heavy atom. The highest BCUT2D eigenvalue weighted by Gasteiger charge is 2.20. The van der Waals surface area contributed by atoms with E-state index in [0.717, 1.165) is 28.5 Å². The molecule has 124 valence electrons. The summed E-state index contributed by atoms with van der Waals surface area (Å²) in [7, 11) is -2.56. The molecule has 0 unspecified atom stereocenters. The first kappa shape index (κ1) is 16.4. The second kappa shape index (κ2) is 6.59. The van der Waals surface area contributed by atoms with Crippen LogP contribution in [0, 0.1) is 5.82 Å². The van der Waals surface area contributed by atoms with Gasteiger partial charge in [-0.15, -0.1) is 0 Å². The molecular weight excluding hydrogens is 329 g/mol. The highest BCUT2D eigenvalue weighted by atomic mass is 32.2. The second-order valence-electron chi connectivity index (χ2n) is 5.26. The Bertz CT molecular complexity index is 981. The van der Waals surface area contributed by atoms with Gasteiger partial charge in [0.25, 0.3) is 0 Å². The van der Waals surface area contributed by atoms with Crippen molar-refractivity contribution in [3.63, 3.8) is 0 Å². The predicted molar refractivity (Wildman–Crippen MR) is 90.9 cm³/mol. The van der Waals surface area contributed by atoms with Crippen LogP contribution in [-0.4, -0.2) is 15.5 Å². The maximum Gasteiger partial charge on any atom is 0.244 e. The second-order valence-corrected chi connectivity index (χ2v) is 6.99. The van der Waals surface area contributed by atoms with Gasteiger partial charge in [0.2, 0.25) is 10.0 Å². The first-order valence-electron chi connectivity index (χ1n) is 7.31. The van der Waals surface area contributed by atoms with Crippen LogP contribution in [-0.2, 0) is 16.6 Å². The van der Waals surface area contributed by atoms with E-state index in [0.29, 0.717) is 0 Å². The van der Waals surface area contributed by atoms with Crippen LogP contribution in [0.4, 0.5) is 4.39 Å². The van der Waals surface area contributed by atoms with Crippen LogP contribution in [0.15, 0.2) is 65.6 Å². The van der Waals surface area contributed by atoms with Gasteiger partial charge in [0.05, 0.1) is 7.11 Å². The third kappa shape index (κ3) is 3.25. The number of benzene rings is 3. The van der Waals surface area contributed by atoms with E-state index in [9.17, 15) is 12.8 Å². The van der Waals surface area contributed by atoms with Gasteiger partial charge in [-0.3, -0.25) is 0 Å². The van der Waals surface area contributed by atoms with E-state index in [1.807, 2.05) is 42.5 Å². The molecule has 0 aliphatic rings. The van der Waals surface area contributed by atoms with Crippen molar-refractivity contribution in [1.82, 2.24) is 4.72 Å². The molecule has 4 nitrogen and oxygen atoms in total. The van der Waals surface area contributed by atoms with E-state index in [1.165, 1.54) is 13.2 Å². The number of rotatable bonds is 5. The molecule has 1 N–H and O–H groups in total. The Kier molecular flexibility index (Phi) is 4.51. The van der Waals surface area contributed by atoms with Crippen molar-refractivity contribution in [3.8, 4) is 5.75 Å². The quantitative estimate of drug-likeness (QED) is 0.770. The molecule has 0 aliphatic carbocycles. The molecule has 0 atom stereocenters. The Hall–Kier alpha value is -2.44. The van der Waals surface area contributed by atoms with Crippen LogP contribution in [0.1, 0.15) is 5.56 Å². The maximum atomic E-state index is 13.4. The lowest BCUT2D eigenvalue weighted by Crippen LogP contribution is -2.24. The molecule has 0 fully saturated rings. The fourth-order valence-corrected chi connectivity index (χ4v) is 3.74. The van der Waals surface area contributed by atoms with Crippen molar-refractivity contribution in [2.45, 2.75) is 11.4 Å². The molecule has 0 saturated heterocycles. The SMILES string of the molecule is COc1ccc(F)cc1S(=O)(=O)NCc1cccc2ccccc12. The molecule has 3 rings (SSSR count). The van der Waals surface area contributed by atoms with Gasteiger partial charge < -0.3 is 4.74 Å². The van der Waals surface area contributed by atoms with E-state index in [1.54, 1.807) is 0 Å². The summed E-state index contributed by atoms with van der Waals surface area (Å²) < 4.78 is 46.0.